The molecule has 3 aromatic rings. The van der Waals surface area contributed by atoms with Crippen LogP contribution in [-0.2, 0) is 11.3 Å². The number of hydroxylamine groups is 1. The first-order chi connectivity index (χ1) is 15.6. The van der Waals surface area contributed by atoms with E-state index in [1.807, 2.05) is 36.4 Å². The number of rotatable bonds is 6. The zero-order valence-corrected chi connectivity index (χ0v) is 18.0. The second-order valence-corrected chi connectivity index (χ2v) is 8.96. The molecule has 0 spiro atoms. The van der Waals surface area contributed by atoms with Crippen molar-refractivity contribution >= 4 is 22.8 Å². The molecule has 1 aromatic heterocycles. The van der Waals surface area contributed by atoms with Gasteiger partial charge in [0.1, 0.15) is 5.82 Å². The Morgan fingerprint density at radius 2 is 1.75 bits per heavy atom. The molecular formula is C25H28N4O3. The number of hydrogen-bond acceptors (Lipinski definition) is 4. The molecule has 7 nitrogen and oxygen atoms in total. The molecule has 0 saturated heterocycles. The first kappa shape index (κ1) is 20.7. The number of nitrogens with zero attached hydrogens (tertiary/aromatic N) is 2. The second-order valence-electron chi connectivity index (χ2n) is 8.96. The van der Waals surface area contributed by atoms with Gasteiger partial charge in [-0.25, -0.2) is 10.5 Å². The Kier molecular flexibility index (Phi) is 5.66. The summed E-state index contributed by atoms with van der Waals surface area (Å²) in [5, 5.41) is 12.0. The van der Waals surface area contributed by atoms with Crippen molar-refractivity contribution in [2.24, 2.45) is 5.92 Å². The Hall–Kier alpha value is -3.19. The molecule has 5 rings (SSSR count). The van der Waals surface area contributed by atoms with Crippen molar-refractivity contribution < 1.29 is 14.8 Å². The highest BCUT2D eigenvalue weighted by Crippen LogP contribution is 2.40. The van der Waals surface area contributed by atoms with Gasteiger partial charge >= 0.3 is 0 Å². The van der Waals surface area contributed by atoms with E-state index in [4.69, 9.17) is 10.2 Å². The summed E-state index contributed by atoms with van der Waals surface area (Å²) in [6.07, 6.45) is 5.67. The minimum absolute atomic E-state index is 0.189. The van der Waals surface area contributed by atoms with Crippen molar-refractivity contribution in [1.82, 2.24) is 20.3 Å². The topological polar surface area (TPSA) is 96.3 Å². The minimum atomic E-state index is -0.427. The lowest BCUT2D eigenvalue weighted by Gasteiger charge is -2.30. The first-order valence-corrected chi connectivity index (χ1v) is 11.4. The fourth-order valence-corrected chi connectivity index (χ4v) is 4.81. The van der Waals surface area contributed by atoms with E-state index in [-0.39, 0.29) is 11.9 Å². The number of fused-ring (bicyclic) bond motifs is 1. The van der Waals surface area contributed by atoms with Gasteiger partial charge in [-0.15, -0.1) is 0 Å². The summed E-state index contributed by atoms with van der Waals surface area (Å²) >= 11 is 0. The van der Waals surface area contributed by atoms with Gasteiger partial charge in [-0.3, -0.25) is 14.8 Å². The highest BCUT2D eigenvalue weighted by atomic mass is 16.5. The predicted molar refractivity (Wildman–Crippen MR) is 120 cm³/mol. The third-order valence-electron chi connectivity index (χ3n) is 6.71. The number of nitrogens with one attached hydrogen (secondary N) is 2. The standard InChI is InChI=1S/C25H28N4O3/c30-24(27-20-6-2-1-5-19(20)25(31)28-32)18-11-9-16(10-12-18)15-29-22-8-4-3-7-21(22)26-23(29)17-13-14-17/h3-4,7-12,17,19-20,32H,1-2,5-6,13-15H2,(H,27,30)(H,28,31)/t19-,20-/m1/s1. The molecule has 2 fully saturated rings. The van der Waals surface area contributed by atoms with E-state index in [0.717, 1.165) is 48.2 Å². The summed E-state index contributed by atoms with van der Waals surface area (Å²) in [4.78, 5) is 29.6. The molecule has 0 radical (unpaired) electrons. The normalized spacial score (nSPS) is 20.8. The smallest absolute Gasteiger partial charge is 0.251 e. The number of aromatic nitrogens is 2. The molecule has 2 aliphatic carbocycles. The molecule has 0 bridgehead atoms. The lowest BCUT2D eigenvalue weighted by Crippen LogP contribution is -2.47. The monoisotopic (exact) mass is 432 g/mol. The summed E-state index contributed by atoms with van der Waals surface area (Å²) in [7, 11) is 0. The van der Waals surface area contributed by atoms with Gasteiger partial charge in [0.2, 0.25) is 5.91 Å². The Morgan fingerprint density at radius 3 is 2.50 bits per heavy atom. The lowest BCUT2D eigenvalue weighted by molar-refractivity contribution is -0.135. The molecule has 0 unspecified atom stereocenters. The maximum absolute atomic E-state index is 12.8. The van der Waals surface area contributed by atoms with Gasteiger partial charge in [-0.05, 0) is 55.5 Å². The highest BCUT2D eigenvalue weighted by molar-refractivity contribution is 5.95. The van der Waals surface area contributed by atoms with Crippen LogP contribution in [0, 0.1) is 5.92 Å². The Balaban J connectivity index is 1.31. The maximum Gasteiger partial charge on any atom is 0.251 e. The largest absolute Gasteiger partial charge is 0.349 e. The molecular weight excluding hydrogens is 404 g/mol. The molecule has 7 heteroatoms. The van der Waals surface area contributed by atoms with E-state index in [2.05, 4.69) is 22.0 Å². The van der Waals surface area contributed by atoms with Crippen LogP contribution in [0.3, 0.4) is 0 Å². The van der Waals surface area contributed by atoms with Crippen LogP contribution < -0.4 is 10.8 Å². The van der Waals surface area contributed by atoms with Crippen molar-refractivity contribution in [3.05, 3.63) is 65.5 Å². The van der Waals surface area contributed by atoms with E-state index >= 15 is 0 Å². The van der Waals surface area contributed by atoms with Gasteiger partial charge in [-0.1, -0.05) is 37.1 Å². The Bertz CT molecular complexity index is 1130. The van der Waals surface area contributed by atoms with Crippen LogP contribution in [0.2, 0.25) is 0 Å². The number of para-hydroxylation sites is 2. The third-order valence-corrected chi connectivity index (χ3v) is 6.71. The quantitative estimate of drug-likeness (QED) is 0.408. The van der Waals surface area contributed by atoms with Gasteiger partial charge in [0, 0.05) is 24.1 Å². The van der Waals surface area contributed by atoms with Crippen molar-refractivity contribution in [2.45, 2.75) is 57.0 Å². The lowest BCUT2D eigenvalue weighted by atomic mass is 9.84. The van der Waals surface area contributed by atoms with Crippen LogP contribution in [0.25, 0.3) is 11.0 Å². The molecule has 2 saturated carbocycles. The Labute approximate surface area is 186 Å². The molecule has 1 heterocycles. The fourth-order valence-electron chi connectivity index (χ4n) is 4.81. The van der Waals surface area contributed by atoms with E-state index in [0.29, 0.717) is 17.9 Å². The molecule has 3 N–H and O–H groups in total. The van der Waals surface area contributed by atoms with Gasteiger partial charge < -0.3 is 9.88 Å². The second kappa shape index (κ2) is 8.74. The number of imidazole rings is 1. The molecule has 166 valence electrons. The van der Waals surface area contributed by atoms with Crippen molar-refractivity contribution in [1.29, 1.82) is 0 Å². The van der Waals surface area contributed by atoms with Crippen LogP contribution in [0.15, 0.2) is 48.5 Å². The molecule has 2 aromatic carbocycles. The minimum Gasteiger partial charge on any atom is -0.349 e. The van der Waals surface area contributed by atoms with Crippen LogP contribution in [-0.4, -0.2) is 32.6 Å². The highest BCUT2D eigenvalue weighted by Gasteiger charge is 2.32. The fraction of sp³-hybridized carbons (Fsp3) is 0.400. The van der Waals surface area contributed by atoms with Gasteiger partial charge in [0.25, 0.3) is 5.91 Å². The van der Waals surface area contributed by atoms with Crippen LogP contribution >= 0.6 is 0 Å². The van der Waals surface area contributed by atoms with Crippen molar-refractivity contribution in [3.63, 3.8) is 0 Å². The zero-order valence-electron chi connectivity index (χ0n) is 18.0. The number of benzene rings is 2. The predicted octanol–water partition coefficient (Wildman–Crippen LogP) is 3.76. The molecule has 2 aliphatic rings. The maximum atomic E-state index is 12.8. The SMILES string of the molecule is O=C(N[C@@H]1CCCC[C@H]1C(=O)NO)c1ccc(Cn2c(C3CC3)nc3ccccc32)cc1. The number of carbonyl (C=O) groups is 2. The van der Waals surface area contributed by atoms with E-state index < -0.39 is 11.8 Å². The molecule has 0 aliphatic heterocycles. The molecule has 2 atom stereocenters. The van der Waals surface area contributed by atoms with Crippen molar-refractivity contribution in [3.8, 4) is 0 Å². The van der Waals surface area contributed by atoms with Crippen molar-refractivity contribution in [2.75, 3.05) is 0 Å². The molecule has 32 heavy (non-hydrogen) atoms. The number of amides is 2. The average Bonchev–Trinajstić information content (AvgIpc) is 3.61. The van der Waals surface area contributed by atoms with E-state index in [1.165, 1.54) is 12.8 Å². The summed E-state index contributed by atoms with van der Waals surface area (Å²) < 4.78 is 2.29. The first-order valence-electron chi connectivity index (χ1n) is 11.4. The third kappa shape index (κ3) is 4.12. The summed E-state index contributed by atoms with van der Waals surface area (Å²) in [5.74, 6) is 0.688. The van der Waals surface area contributed by atoms with Crippen LogP contribution in [0.4, 0.5) is 0 Å². The van der Waals surface area contributed by atoms with Gasteiger partial charge in [-0.2, -0.15) is 0 Å². The summed E-state index contributed by atoms with van der Waals surface area (Å²) in [6.45, 7) is 0.718. The van der Waals surface area contributed by atoms with Crippen LogP contribution in [0.5, 0.6) is 0 Å². The average molecular weight is 433 g/mol. The zero-order chi connectivity index (χ0) is 22.1. The van der Waals surface area contributed by atoms with E-state index in [1.54, 1.807) is 5.48 Å². The van der Waals surface area contributed by atoms with Crippen LogP contribution in [0.1, 0.15) is 66.2 Å². The van der Waals surface area contributed by atoms with Gasteiger partial charge in [0.15, 0.2) is 0 Å². The van der Waals surface area contributed by atoms with Gasteiger partial charge in [0.05, 0.1) is 17.0 Å². The summed E-state index contributed by atoms with van der Waals surface area (Å²) in [5.41, 5.74) is 5.59. The molecule has 2 amide bonds. The summed E-state index contributed by atoms with van der Waals surface area (Å²) in [6, 6.07) is 15.6. The number of hydrogen-bond donors (Lipinski definition) is 3. The van der Waals surface area contributed by atoms with E-state index in [9.17, 15) is 9.59 Å². The Morgan fingerprint density at radius 1 is 1.00 bits per heavy atom. The number of carbonyl (C=O) groups excluding carboxylic acids is 2.